The monoisotopic (exact) mass is 323 g/mol. The van der Waals surface area contributed by atoms with Gasteiger partial charge in [-0.2, -0.15) is 0 Å². The molecule has 1 N–H and O–H groups in total. The Kier molecular flexibility index (Phi) is 4.85. The molecule has 0 bridgehead atoms. The Hall–Kier alpha value is -2.75. The summed E-state index contributed by atoms with van der Waals surface area (Å²) in [4.78, 5) is 24.5. The lowest BCUT2D eigenvalue weighted by molar-refractivity contribution is -0.130. The van der Waals surface area contributed by atoms with Gasteiger partial charge in [0.1, 0.15) is 11.7 Å². The number of carbonyl (C=O) groups excluding carboxylic acids is 2. The quantitative estimate of drug-likeness (QED) is 0.679. The second-order valence-corrected chi connectivity index (χ2v) is 5.96. The maximum atomic E-state index is 12.9. The summed E-state index contributed by atoms with van der Waals surface area (Å²) in [6.45, 7) is 0.508. The van der Waals surface area contributed by atoms with E-state index in [2.05, 4.69) is 5.32 Å². The highest BCUT2D eigenvalue weighted by Crippen LogP contribution is 2.24. The lowest BCUT2D eigenvalue weighted by Gasteiger charge is -2.14. The zero-order chi connectivity index (χ0) is 16.9. The van der Waals surface area contributed by atoms with E-state index in [1.165, 1.54) is 18.2 Å². The fourth-order valence-electron chi connectivity index (χ4n) is 3.00. The van der Waals surface area contributed by atoms with Gasteiger partial charge in [-0.25, -0.2) is 4.39 Å². The van der Waals surface area contributed by atoms with Crippen LogP contribution in [0, 0.1) is 17.7 Å². The third-order valence-corrected chi connectivity index (χ3v) is 4.25. The maximum Gasteiger partial charge on any atom is 0.231 e. The SMILES string of the molecule is O=C(/C=C/c1ccc(F)cc1)[C@H]1C(=O)NC[C@H]1Cc1ccccc1. The number of carbonyl (C=O) groups is 2. The van der Waals surface area contributed by atoms with Crippen molar-refractivity contribution in [3.05, 3.63) is 77.6 Å². The van der Waals surface area contributed by atoms with Gasteiger partial charge in [0.05, 0.1) is 0 Å². The van der Waals surface area contributed by atoms with Crippen LogP contribution in [0.4, 0.5) is 4.39 Å². The van der Waals surface area contributed by atoms with E-state index < -0.39 is 5.92 Å². The fraction of sp³-hybridized carbons (Fsp3) is 0.200. The molecule has 1 aliphatic heterocycles. The molecule has 1 saturated heterocycles. The number of benzene rings is 2. The number of halogens is 1. The van der Waals surface area contributed by atoms with E-state index in [1.807, 2.05) is 30.3 Å². The molecule has 0 aromatic heterocycles. The van der Waals surface area contributed by atoms with E-state index in [0.29, 0.717) is 13.0 Å². The topological polar surface area (TPSA) is 46.2 Å². The summed E-state index contributed by atoms with van der Waals surface area (Å²) in [5.41, 5.74) is 1.84. The molecule has 0 unspecified atom stereocenters. The molecule has 122 valence electrons. The molecule has 0 saturated carbocycles. The second-order valence-electron chi connectivity index (χ2n) is 5.96. The number of amides is 1. The van der Waals surface area contributed by atoms with Gasteiger partial charge in [0.25, 0.3) is 0 Å². The number of ketones is 1. The van der Waals surface area contributed by atoms with Crippen LogP contribution >= 0.6 is 0 Å². The van der Waals surface area contributed by atoms with E-state index in [1.54, 1.807) is 18.2 Å². The van der Waals surface area contributed by atoms with E-state index in [9.17, 15) is 14.0 Å². The van der Waals surface area contributed by atoms with Crippen LogP contribution in [0.1, 0.15) is 11.1 Å². The number of hydrogen-bond donors (Lipinski definition) is 1. The number of rotatable bonds is 5. The Morgan fingerprint density at radius 3 is 2.54 bits per heavy atom. The van der Waals surface area contributed by atoms with Crippen molar-refractivity contribution >= 4 is 17.8 Å². The van der Waals surface area contributed by atoms with Gasteiger partial charge in [-0.3, -0.25) is 9.59 Å². The molecule has 2 aromatic rings. The van der Waals surface area contributed by atoms with Crippen LogP contribution in [0.2, 0.25) is 0 Å². The van der Waals surface area contributed by atoms with E-state index in [0.717, 1.165) is 11.1 Å². The highest BCUT2D eigenvalue weighted by atomic mass is 19.1. The van der Waals surface area contributed by atoms with E-state index in [-0.39, 0.29) is 23.4 Å². The van der Waals surface area contributed by atoms with Gasteiger partial charge in [0.2, 0.25) is 5.91 Å². The van der Waals surface area contributed by atoms with Gasteiger partial charge in [-0.1, -0.05) is 48.5 Å². The molecule has 0 aliphatic carbocycles. The zero-order valence-electron chi connectivity index (χ0n) is 13.1. The van der Waals surface area contributed by atoms with E-state index in [4.69, 9.17) is 0 Å². The summed E-state index contributed by atoms with van der Waals surface area (Å²) >= 11 is 0. The lowest BCUT2D eigenvalue weighted by atomic mass is 9.86. The van der Waals surface area contributed by atoms with Crippen molar-refractivity contribution < 1.29 is 14.0 Å². The Bertz CT molecular complexity index is 753. The molecule has 1 amide bonds. The summed E-state index contributed by atoms with van der Waals surface area (Å²) < 4.78 is 12.9. The third-order valence-electron chi connectivity index (χ3n) is 4.25. The van der Waals surface area contributed by atoms with Crippen molar-refractivity contribution in [1.29, 1.82) is 0 Å². The lowest BCUT2D eigenvalue weighted by Crippen LogP contribution is -2.27. The molecule has 2 atom stereocenters. The average Bonchev–Trinajstić information content (AvgIpc) is 2.95. The Morgan fingerprint density at radius 1 is 1.12 bits per heavy atom. The van der Waals surface area contributed by atoms with Crippen LogP contribution in [0.15, 0.2) is 60.7 Å². The van der Waals surface area contributed by atoms with Gasteiger partial charge >= 0.3 is 0 Å². The van der Waals surface area contributed by atoms with Crippen LogP contribution < -0.4 is 5.32 Å². The van der Waals surface area contributed by atoms with Crippen molar-refractivity contribution in [3.8, 4) is 0 Å². The standard InChI is InChI=1S/C20H18FNO2/c21-17-9-6-14(7-10-17)8-11-18(23)19-16(13-22-20(19)24)12-15-4-2-1-3-5-15/h1-11,16,19H,12-13H2,(H,22,24)/b11-8+/t16-,19+/m1/s1. The highest BCUT2D eigenvalue weighted by Gasteiger charge is 2.38. The summed E-state index contributed by atoms with van der Waals surface area (Å²) in [5.74, 6) is -1.47. The predicted octanol–water partition coefficient (Wildman–Crippen LogP) is 3.01. The molecule has 3 nitrogen and oxygen atoms in total. The molecule has 24 heavy (non-hydrogen) atoms. The molecule has 1 heterocycles. The zero-order valence-corrected chi connectivity index (χ0v) is 13.1. The summed E-state index contributed by atoms with van der Waals surface area (Å²) in [7, 11) is 0. The molecule has 0 spiro atoms. The highest BCUT2D eigenvalue weighted by molar-refractivity contribution is 6.09. The largest absolute Gasteiger partial charge is 0.355 e. The minimum Gasteiger partial charge on any atom is -0.355 e. The first-order valence-corrected chi connectivity index (χ1v) is 7.92. The van der Waals surface area contributed by atoms with Crippen LogP contribution in [0.3, 0.4) is 0 Å². The van der Waals surface area contributed by atoms with Crippen LogP contribution in [0.25, 0.3) is 6.08 Å². The Labute approximate surface area is 140 Å². The van der Waals surface area contributed by atoms with Gasteiger partial charge < -0.3 is 5.32 Å². The molecule has 2 aromatic carbocycles. The molecule has 4 heteroatoms. The molecule has 3 rings (SSSR count). The molecule has 0 radical (unpaired) electrons. The number of hydrogen-bond acceptors (Lipinski definition) is 2. The Balaban J connectivity index is 1.71. The first-order valence-electron chi connectivity index (χ1n) is 7.92. The van der Waals surface area contributed by atoms with Gasteiger partial charge in [-0.15, -0.1) is 0 Å². The van der Waals surface area contributed by atoms with Crippen molar-refractivity contribution in [1.82, 2.24) is 5.32 Å². The van der Waals surface area contributed by atoms with Crippen molar-refractivity contribution in [2.24, 2.45) is 11.8 Å². The summed E-state index contributed by atoms with van der Waals surface area (Å²) in [6, 6.07) is 15.7. The minimum absolute atomic E-state index is 0.0507. The number of allylic oxidation sites excluding steroid dienone is 1. The molecule has 1 fully saturated rings. The van der Waals surface area contributed by atoms with Crippen LogP contribution in [0.5, 0.6) is 0 Å². The maximum absolute atomic E-state index is 12.9. The van der Waals surface area contributed by atoms with Crippen molar-refractivity contribution in [3.63, 3.8) is 0 Å². The van der Waals surface area contributed by atoms with Gasteiger partial charge in [0.15, 0.2) is 5.78 Å². The minimum atomic E-state index is -0.665. The smallest absolute Gasteiger partial charge is 0.231 e. The van der Waals surface area contributed by atoms with Crippen molar-refractivity contribution in [2.45, 2.75) is 6.42 Å². The molecule has 1 aliphatic rings. The van der Waals surface area contributed by atoms with Crippen molar-refractivity contribution in [2.75, 3.05) is 6.54 Å². The predicted molar refractivity (Wildman–Crippen MR) is 90.6 cm³/mol. The third kappa shape index (κ3) is 3.77. The van der Waals surface area contributed by atoms with Crippen LogP contribution in [-0.4, -0.2) is 18.2 Å². The Morgan fingerprint density at radius 2 is 1.83 bits per heavy atom. The van der Waals surface area contributed by atoms with Gasteiger partial charge in [0, 0.05) is 6.54 Å². The first kappa shape index (κ1) is 16.1. The van der Waals surface area contributed by atoms with Gasteiger partial charge in [-0.05, 0) is 41.7 Å². The summed E-state index contributed by atoms with van der Waals surface area (Å²) in [5, 5.41) is 2.78. The average molecular weight is 323 g/mol. The normalized spacial score (nSPS) is 20.3. The second kappa shape index (κ2) is 7.21. The van der Waals surface area contributed by atoms with Crippen LogP contribution in [-0.2, 0) is 16.0 Å². The summed E-state index contributed by atoms with van der Waals surface area (Å²) in [6.07, 6.45) is 3.72. The molecular weight excluding hydrogens is 305 g/mol. The first-order chi connectivity index (χ1) is 11.6. The fourth-order valence-corrected chi connectivity index (χ4v) is 3.00. The van der Waals surface area contributed by atoms with E-state index >= 15 is 0 Å². The number of nitrogens with one attached hydrogen (secondary N) is 1. The molecular formula is C20H18FNO2.